The van der Waals surface area contributed by atoms with Crippen molar-refractivity contribution in [2.75, 3.05) is 0 Å². The quantitative estimate of drug-likeness (QED) is 0.179. The zero-order chi connectivity index (χ0) is 20.4. The fraction of sp³-hybridized carbons (Fsp3) is 0.880. The van der Waals surface area contributed by atoms with Crippen LogP contribution in [0.3, 0.4) is 0 Å². The van der Waals surface area contributed by atoms with Crippen LogP contribution >= 0.6 is 0 Å². The molecule has 0 saturated carbocycles. The van der Waals surface area contributed by atoms with Crippen LogP contribution in [0.4, 0.5) is 0 Å². The van der Waals surface area contributed by atoms with Crippen molar-refractivity contribution in [1.29, 1.82) is 0 Å². The maximum Gasteiger partial charge on any atom is 0.303 e. The van der Waals surface area contributed by atoms with E-state index in [1.807, 2.05) is 0 Å². The molecule has 0 aliphatic heterocycles. The summed E-state index contributed by atoms with van der Waals surface area (Å²) in [4.78, 5) is 9.96. The number of allylic oxidation sites excluding steroid dienone is 2. The highest BCUT2D eigenvalue weighted by Gasteiger charge is 1.94. The first-order valence-electron chi connectivity index (χ1n) is 12.1. The molecule has 0 radical (unpaired) electrons. The second-order valence-electron chi connectivity index (χ2n) is 7.79. The minimum Gasteiger partial charge on any atom is -0.481 e. The maximum atomic E-state index is 9.96. The molecular formula is C25H50O2. The van der Waals surface area contributed by atoms with Crippen molar-refractivity contribution < 1.29 is 9.90 Å². The van der Waals surface area contributed by atoms with E-state index >= 15 is 0 Å². The van der Waals surface area contributed by atoms with E-state index in [0.717, 1.165) is 19.3 Å². The molecule has 0 aromatic rings. The highest BCUT2D eigenvalue weighted by Crippen LogP contribution is 2.09. The summed E-state index contributed by atoms with van der Waals surface area (Å²) >= 11 is 0. The van der Waals surface area contributed by atoms with Crippen molar-refractivity contribution >= 4 is 5.97 Å². The number of aliphatic carboxylic acids is 1. The van der Waals surface area contributed by atoms with Gasteiger partial charge in [0.25, 0.3) is 0 Å². The molecule has 2 heteroatoms. The number of hydrogen-bond donors (Lipinski definition) is 1. The number of carboxylic acids is 1. The van der Waals surface area contributed by atoms with Gasteiger partial charge in [0.05, 0.1) is 0 Å². The topological polar surface area (TPSA) is 37.3 Å². The second-order valence-corrected chi connectivity index (χ2v) is 7.79. The fourth-order valence-corrected chi connectivity index (χ4v) is 3.02. The SMILES string of the molecule is CCCCCCC(=O)O.CCCCCCCC/C=C/CCCCCCCC. The van der Waals surface area contributed by atoms with E-state index in [4.69, 9.17) is 5.11 Å². The van der Waals surface area contributed by atoms with E-state index in [2.05, 4.69) is 32.9 Å². The average Bonchev–Trinajstić information content (AvgIpc) is 2.66. The van der Waals surface area contributed by atoms with Crippen molar-refractivity contribution in [2.45, 2.75) is 143 Å². The summed E-state index contributed by atoms with van der Waals surface area (Å²) < 4.78 is 0. The lowest BCUT2D eigenvalue weighted by Gasteiger charge is -1.98. The largest absolute Gasteiger partial charge is 0.481 e. The molecule has 0 aromatic carbocycles. The van der Waals surface area contributed by atoms with Gasteiger partial charge in [-0.25, -0.2) is 0 Å². The summed E-state index contributed by atoms with van der Waals surface area (Å²) in [5, 5.41) is 8.21. The number of carbonyl (C=O) groups is 1. The summed E-state index contributed by atoms with van der Waals surface area (Å²) in [7, 11) is 0. The van der Waals surface area contributed by atoms with E-state index in [9.17, 15) is 4.79 Å². The first-order valence-corrected chi connectivity index (χ1v) is 12.1. The molecule has 0 spiro atoms. The molecule has 162 valence electrons. The van der Waals surface area contributed by atoms with E-state index in [0.29, 0.717) is 6.42 Å². The van der Waals surface area contributed by atoms with Gasteiger partial charge in [-0.1, -0.05) is 116 Å². The predicted octanol–water partition coefficient (Wildman–Crippen LogP) is 9.09. The standard InChI is InChI=1S/C18H36.C7H14O2/c1-3-5-7-9-11-13-15-17-18-16-14-12-10-8-6-4-2;1-2-3-4-5-6-7(8)9/h17-18H,3-16H2,1-2H3;2-6H2,1H3,(H,8,9)/b18-17+;. The molecule has 0 fully saturated rings. The van der Waals surface area contributed by atoms with Gasteiger partial charge in [0.2, 0.25) is 0 Å². The van der Waals surface area contributed by atoms with Crippen LogP contribution in [-0.2, 0) is 4.79 Å². The smallest absolute Gasteiger partial charge is 0.303 e. The fourth-order valence-electron chi connectivity index (χ4n) is 3.02. The zero-order valence-electron chi connectivity index (χ0n) is 18.9. The van der Waals surface area contributed by atoms with Gasteiger partial charge in [0.1, 0.15) is 0 Å². The van der Waals surface area contributed by atoms with Gasteiger partial charge in [-0.15, -0.1) is 0 Å². The summed E-state index contributed by atoms with van der Waals surface area (Å²) in [5.74, 6) is -0.675. The van der Waals surface area contributed by atoms with E-state index in [-0.39, 0.29) is 0 Å². The predicted molar refractivity (Wildman–Crippen MR) is 122 cm³/mol. The van der Waals surface area contributed by atoms with E-state index < -0.39 is 5.97 Å². The molecule has 0 rings (SSSR count). The summed E-state index contributed by atoms with van der Waals surface area (Å²) in [6, 6.07) is 0. The van der Waals surface area contributed by atoms with Gasteiger partial charge in [-0.05, 0) is 32.1 Å². The van der Waals surface area contributed by atoms with Crippen LogP contribution in [0.5, 0.6) is 0 Å². The molecular weight excluding hydrogens is 332 g/mol. The Kier molecular flexibility index (Phi) is 28.9. The molecule has 0 saturated heterocycles. The van der Waals surface area contributed by atoms with Crippen LogP contribution in [0.2, 0.25) is 0 Å². The average molecular weight is 383 g/mol. The normalized spacial score (nSPS) is 10.8. The van der Waals surface area contributed by atoms with Crippen LogP contribution in [-0.4, -0.2) is 11.1 Å². The molecule has 0 amide bonds. The Balaban J connectivity index is 0. The molecule has 0 heterocycles. The monoisotopic (exact) mass is 382 g/mol. The van der Waals surface area contributed by atoms with Crippen molar-refractivity contribution in [3.05, 3.63) is 12.2 Å². The summed E-state index contributed by atoms with van der Waals surface area (Å²) in [5.41, 5.74) is 0. The summed E-state index contributed by atoms with van der Waals surface area (Å²) in [6.07, 6.45) is 29.0. The Labute approximate surface area is 171 Å². The van der Waals surface area contributed by atoms with Crippen molar-refractivity contribution in [1.82, 2.24) is 0 Å². The van der Waals surface area contributed by atoms with Crippen LogP contribution < -0.4 is 0 Å². The molecule has 0 aliphatic carbocycles. The Morgan fingerprint density at radius 1 is 0.556 bits per heavy atom. The summed E-state index contributed by atoms with van der Waals surface area (Å²) in [6.45, 7) is 6.68. The molecule has 1 N–H and O–H groups in total. The number of hydrogen-bond acceptors (Lipinski definition) is 1. The molecule has 27 heavy (non-hydrogen) atoms. The number of rotatable bonds is 19. The van der Waals surface area contributed by atoms with Gasteiger partial charge < -0.3 is 5.11 Å². The van der Waals surface area contributed by atoms with Gasteiger partial charge in [0.15, 0.2) is 0 Å². The molecule has 0 aliphatic rings. The van der Waals surface area contributed by atoms with Gasteiger partial charge in [-0.3, -0.25) is 4.79 Å². The Bertz CT molecular complexity index is 279. The lowest BCUT2D eigenvalue weighted by molar-refractivity contribution is -0.137. The van der Waals surface area contributed by atoms with Crippen molar-refractivity contribution in [3.8, 4) is 0 Å². The molecule has 0 unspecified atom stereocenters. The lowest BCUT2D eigenvalue weighted by Crippen LogP contribution is -1.92. The zero-order valence-corrected chi connectivity index (χ0v) is 18.9. The number of carboxylic acid groups (broad SMARTS) is 1. The van der Waals surface area contributed by atoms with E-state index in [1.165, 1.54) is 96.3 Å². The minimum atomic E-state index is -0.675. The van der Waals surface area contributed by atoms with Crippen LogP contribution in [0.25, 0.3) is 0 Å². The second kappa shape index (κ2) is 27.4. The van der Waals surface area contributed by atoms with Crippen LogP contribution in [0.1, 0.15) is 143 Å². The highest BCUT2D eigenvalue weighted by atomic mass is 16.4. The first kappa shape index (κ1) is 28.4. The number of unbranched alkanes of at least 4 members (excludes halogenated alkanes) is 15. The van der Waals surface area contributed by atoms with Crippen LogP contribution in [0.15, 0.2) is 12.2 Å². The van der Waals surface area contributed by atoms with Gasteiger partial charge in [-0.2, -0.15) is 0 Å². The maximum absolute atomic E-state index is 9.96. The van der Waals surface area contributed by atoms with Crippen molar-refractivity contribution in [3.63, 3.8) is 0 Å². The van der Waals surface area contributed by atoms with Gasteiger partial charge in [0, 0.05) is 6.42 Å². The van der Waals surface area contributed by atoms with Crippen LogP contribution in [0, 0.1) is 0 Å². The first-order chi connectivity index (χ1) is 13.2. The van der Waals surface area contributed by atoms with Crippen molar-refractivity contribution in [2.24, 2.45) is 0 Å². The van der Waals surface area contributed by atoms with E-state index in [1.54, 1.807) is 0 Å². The third-order valence-corrected chi connectivity index (χ3v) is 4.86. The Hall–Kier alpha value is -0.790. The molecule has 0 atom stereocenters. The lowest BCUT2D eigenvalue weighted by atomic mass is 10.1. The third kappa shape index (κ3) is 33.2. The Morgan fingerprint density at radius 3 is 1.26 bits per heavy atom. The minimum absolute atomic E-state index is 0.333. The highest BCUT2D eigenvalue weighted by molar-refractivity contribution is 5.66. The molecule has 0 bridgehead atoms. The third-order valence-electron chi connectivity index (χ3n) is 4.86. The van der Waals surface area contributed by atoms with Gasteiger partial charge >= 0.3 is 5.97 Å². The molecule has 2 nitrogen and oxygen atoms in total. The molecule has 0 aromatic heterocycles. The Morgan fingerprint density at radius 2 is 0.889 bits per heavy atom.